The molecule has 0 aromatic heterocycles. The van der Waals surface area contributed by atoms with Crippen LogP contribution in [0.1, 0.15) is 0 Å². The van der Waals surface area contributed by atoms with Gasteiger partial charge < -0.3 is 4.90 Å². The van der Waals surface area contributed by atoms with E-state index in [1.54, 1.807) is 0 Å². The van der Waals surface area contributed by atoms with Crippen LogP contribution < -0.4 is 4.90 Å². The first-order valence-electron chi connectivity index (χ1n) is 18.8. The van der Waals surface area contributed by atoms with E-state index in [0.717, 1.165) is 17.1 Å². The molecule has 0 heterocycles. The van der Waals surface area contributed by atoms with Crippen LogP contribution in [0.2, 0.25) is 0 Å². The first-order chi connectivity index (χ1) is 27.3. The molecule has 0 atom stereocenters. The summed E-state index contributed by atoms with van der Waals surface area (Å²) in [5.74, 6) is 0. The molecule has 0 amide bonds. The van der Waals surface area contributed by atoms with Gasteiger partial charge in [0.15, 0.2) is 0 Å². The van der Waals surface area contributed by atoms with Crippen LogP contribution >= 0.6 is 0 Å². The molecule has 0 aliphatic heterocycles. The minimum Gasteiger partial charge on any atom is -0.311 e. The maximum absolute atomic E-state index is 2.34. The van der Waals surface area contributed by atoms with Gasteiger partial charge in [-0.15, -0.1) is 0 Å². The van der Waals surface area contributed by atoms with E-state index in [1.807, 2.05) is 0 Å². The Morgan fingerprint density at radius 3 is 0.818 bits per heavy atom. The summed E-state index contributed by atoms with van der Waals surface area (Å²) in [5, 5.41) is 0. The van der Waals surface area contributed by atoms with E-state index in [1.165, 1.54) is 66.8 Å². The predicted molar refractivity (Wildman–Crippen MR) is 234 cm³/mol. The molecule has 9 aromatic rings. The summed E-state index contributed by atoms with van der Waals surface area (Å²) in [6.45, 7) is 0. The molecule has 0 aliphatic rings. The lowest BCUT2D eigenvalue weighted by Crippen LogP contribution is -2.09. The topological polar surface area (TPSA) is 3.24 Å². The van der Waals surface area contributed by atoms with Crippen LogP contribution in [0.15, 0.2) is 237 Å². The molecule has 9 aromatic carbocycles. The SMILES string of the molecule is c1ccc(-c2ccc(-c3ccc(-c4ccc(N(c5ccc(-c6ccccc6)cc5)c5ccc(-c6ccccc6)cc5)cc4)cc3-c3ccccc3)cc2)cc1. The molecule has 0 spiro atoms. The third-order valence-electron chi connectivity index (χ3n) is 10.3. The maximum atomic E-state index is 2.34. The molecule has 9 rings (SSSR count). The number of hydrogen-bond donors (Lipinski definition) is 0. The van der Waals surface area contributed by atoms with Crippen molar-refractivity contribution < 1.29 is 0 Å². The first kappa shape index (κ1) is 33.6. The van der Waals surface area contributed by atoms with Gasteiger partial charge in [0.2, 0.25) is 0 Å². The largest absolute Gasteiger partial charge is 0.311 e. The number of anilines is 3. The van der Waals surface area contributed by atoms with Gasteiger partial charge in [-0.05, 0) is 109 Å². The zero-order chi connectivity index (χ0) is 36.8. The fourth-order valence-corrected chi connectivity index (χ4v) is 7.42. The van der Waals surface area contributed by atoms with Gasteiger partial charge in [-0.2, -0.15) is 0 Å². The standard InChI is InChI=1S/C54H39N/c1-5-13-40(14-6-1)43-21-23-48(24-22-43)53-38-31-49(39-54(53)47-19-11-4-12-20-47)46-29-36-52(37-30-46)55(50-32-25-44(26-33-50)41-15-7-2-8-16-41)51-34-27-45(28-35-51)42-17-9-3-10-18-42/h1-39H. The van der Waals surface area contributed by atoms with Crippen molar-refractivity contribution >= 4 is 17.1 Å². The van der Waals surface area contributed by atoms with Crippen LogP contribution in [0.25, 0.3) is 66.8 Å². The van der Waals surface area contributed by atoms with E-state index in [9.17, 15) is 0 Å². The second-order valence-electron chi connectivity index (χ2n) is 13.8. The van der Waals surface area contributed by atoms with Crippen LogP contribution in [0.4, 0.5) is 17.1 Å². The van der Waals surface area contributed by atoms with Crippen molar-refractivity contribution in [2.45, 2.75) is 0 Å². The Kier molecular flexibility index (Phi) is 9.41. The molecule has 0 saturated carbocycles. The number of nitrogens with zero attached hydrogens (tertiary/aromatic N) is 1. The Labute approximate surface area is 324 Å². The second-order valence-corrected chi connectivity index (χ2v) is 13.8. The highest BCUT2D eigenvalue weighted by Crippen LogP contribution is 2.40. The molecule has 0 N–H and O–H groups in total. The number of hydrogen-bond acceptors (Lipinski definition) is 1. The van der Waals surface area contributed by atoms with E-state index in [2.05, 4.69) is 241 Å². The molecule has 1 heteroatoms. The molecule has 0 aliphatic carbocycles. The van der Waals surface area contributed by atoms with E-state index in [4.69, 9.17) is 0 Å². The van der Waals surface area contributed by atoms with E-state index < -0.39 is 0 Å². The average molecular weight is 702 g/mol. The lowest BCUT2D eigenvalue weighted by molar-refractivity contribution is 1.28. The third kappa shape index (κ3) is 7.25. The van der Waals surface area contributed by atoms with Crippen LogP contribution in [0.5, 0.6) is 0 Å². The maximum Gasteiger partial charge on any atom is 0.0462 e. The summed E-state index contributed by atoms with van der Waals surface area (Å²) in [6.07, 6.45) is 0. The smallest absolute Gasteiger partial charge is 0.0462 e. The molecule has 0 unspecified atom stereocenters. The Balaban J connectivity index is 1.07. The van der Waals surface area contributed by atoms with Crippen molar-refractivity contribution in [3.05, 3.63) is 237 Å². The van der Waals surface area contributed by atoms with Crippen molar-refractivity contribution in [2.24, 2.45) is 0 Å². The molecular weight excluding hydrogens is 663 g/mol. The fourth-order valence-electron chi connectivity index (χ4n) is 7.42. The zero-order valence-electron chi connectivity index (χ0n) is 30.5. The molecule has 260 valence electrons. The molecule has 0 radical (unpaired) electrons. The zero-order valence-corrected chi connectivity index (χ0v) is 30.5. The van der Waals surface area contributed by atoms with Crippen LogP contribution in [-0.4, -0.2) is 0 Å². The fraction of sp³-hybridized carbons (Fsp3) is 0. The lowest BCUT2D eigenvalue weighted by atomic mass is 9.90. The highest BCUT2D eigenvalue weighted by Gasteiger charge is 2.15. The van der Waals surface area contributed by atoms with Crippen LogP contribution in [0, 0.1) is 0 Å². The second kappa shape index (κ2) is 15.4. The van der Waals surface area contributed by atoms with Crippen molar-refractivity contribution in [3.63, 3.8) is 0 Å². The molecule has 0 fully saturated rings. The Morgan fingerprint density at radius 1 is 0.182 bits per heavy atom. The van der Waals surface area contributed by atoms with Gasteiger partial charge in [-0.3, -0.25) is 0 Å². The van der Waals surface area contributed by atoms with Gasteiger partial charge >= 0.3 is 0 Å². The molecule has 1 nitrogen and oxygen atoms in total. The third-order valence-corrected chi connectivity index (χ3v) is 10.3. The van der Waals surface area contributed by atoms with Gasteiger partial charge in [0.25, 0.3) is 0 Å². The van der Waals surface area contributed by atoms with Gasteiger partial charge in [-0.1, -0.05) is 194 Å². The highest BCUT2D eigenvalue weighted by atomic mass is 15.1. The van der Waals surface area contributed by atoms with Crippen LogP contribution in [0.3, 0.4) is 0 Å². The lowest BCUT2D eigenvalue weighted by Gasteiger charge is -2.26. The van der Waals surface area contributed by atoms with Gasteiger partial charge in [0.1, 0.15) is 0 Å². The monoisotopic (exact) mass is 701 g/mol. The highest BCUT2D eigenvalue weighted by molar-refractivity contribution is 5.88. The Hall–Kier alpha value is -7.22. The molecule has 0 bridgehead atoms. The molecular formula is C54H39N. The summed E-state index contributed by atoms with van der Waals surface area (Å²) in [7, 11) is 0. The van der Waals surface area contributed by atoms with Gasteiger partial charge in [-0.25, -0.2) is 0 Å². The number of rotatable bonds is 9. The van der Waals surface area contributed by atoms with E-state index >= 15 is 0 Å². The summed E-state index contributed by atoms with van der Waals surface area (Å²) in [5.41, 5.74) is 17.8. The molecule has 55 heavy (non-hydrogen) atoms. The van der Waals surface area contributed by atoms with Crippen molar-refractivity contribution in [1.29, 1.82) is 0 Å². The number of benzene rings is 9. The van der Waals surface area contributed by atoms with Crippen molar-refractivity contribution in [3.8, 4) is 66.8 Å². The van der Waals surface area contributed by atoms with Crippen molar-refractivity contribution in [1.82, 2.24) is 0 Å². The summed E-state index contributed by atoms with van der Waals surface area (Å²) in [6, 6.07) is 84.9. The van der Waals surface area contributed by atoms with Gasteiger partial charge in [0.05, 0.1) is 0 Å². The quantitative estimate of drug-likeness (QED) is 0.145. The normalized spacial score (nSPS) is 10.9. The Bertz CT molecular complexity index is 2530. The summed E-state index contributed by atoms with van der Waals surface area (Å²) < 4.78 is 0. The van der Waals surface area contributed by atoms with Gasteiger partial charge in [0, 0.05) is 17.1 Å². The van der Waals surface area contributed by atoms with E-state index in [-0.39, 0.29) is 0 Å². The summed E-state index contributed by atoms with van der Waals surface area (Å²) in [4.78, 5) is 2.34. The minimum atomic E-state index is 1.10. The van der Waals surface area contributed by atoms with Crippen LogP contribution in [-0.2, 0) is 0 Å². The minimum absolute atomic E-state index is 1.10. The average Bonchev–Trinajstić information content (AvgIpc) is 3.28. The van der Waals surface area contributed by atoms with E-state index in [0.29, 0.717) is 0 Å². The Morgan fingerprint density at radius 2 is 0.436 bits per heavy atom. The molecule has 0 saturated heterocycles. The van der Waals surface area contributed by atoms with Crippen molar-refractivity contribution in [2.75, 3.05) is 4.90 Å². The first-order valence-corrected chi connectivity index (χ1v) is 18.8. The summed E-state index contributed by atoms with van der Waals surface area (Å²) >= 11 is 0. The predicted octanol–water partition coefficient (Wildman–Crippen LogP) is 15.2.